The van der Waals surface area contributed by atoms with Crippen molar-refractivity contribution in [3.8, 4) is 0 Å². The zero-order valence-corrected chi connectivity index (χ0v) is 7.17. The van der Waals surface area contributed by atoms with Crippen LogP contribution in [0.15, 0.2) is 0 Å². The summed E-state index contributed by atoms with van der Waals surface area (Å²) in [7, 11) is 0. The van der Waals surface area contributed by atoms with Crippen LogP contribution in [-0.4, -0.2) is 59.7 Å². The van der Waals surface area contributed by atoms with Gasteiger partial charge in [-0.15, -0.1) is 0 Å². The van der Waals surface area contributed by atoms with Gasteiger partial charge < -0.3 is 27.7 Å². The molecule has 0 aliphatic heterocycles. The van der Waals surface area contributed by atoms with Crippen molar-refractivity contribution in [1.82, 2.24) is 4.90 Å². The summed E-state index contributed by atoms with van der Waals surface area (Å²) < 4.78 is 0. The van der Waals surface area contributed by atoms with Gasteiger partial charge in [-0.3, -0.25) is 4.90 Å². The van der Waals surface area contributed by atoms with E-state index in [1.807, 2.05) is 0 Å². The van der Waals surface area contributed by atoms with Crippen LogP contribution in [0.5, 0.6) is 0 Å². The van der Waals surface area contributed by atoms with Crippen molar-refractivity contribution >= 4 is 0 Å². The van der Waals surface area contributed by atoms with Crippen molar-refractivity contribution in [2.24, 2.45) is 0 Å². The highest BCUT2D eigenvalue weighted by Crippen LogP contribution is 1.84. The van der Waals surface area contributed by atoms with Gasteiger partial charge in [-0.05, 0) is 0 Å². The number of aliphatic hydroxyl groups excluding tert-OH is 3. The lowest BCUT2D eigenvalue weighted by atomic mass is 10.4. The Bertz CT molecular complexity index is 60.6. The summed E-state index contributed by atoms with van der Waals surface area (Å²) in [4.78, 5) is 1.79. The fourth-order valence-electron chi connectivity index (χ4n) is 0.760. The van der Waals surface area contributed by atoms with Crippen molar-refractivity contribution in [1.29, 1.82) is 0 Å². The topological polar surface area (TPSA) is 63.9 Å². The Morgan fingerprint density at radius 3 is 1.18 bits per heavy atom. The number of aliphatic hydroxyl groups is 3. The quantitative estimate of drug-likeness (QED) is 0.388. The van der Waals surface area contributed by atoms with Crippen LogP contribution in [0.25, 0.3) is 0 Å². The van der Waals surface area contributed by atoms with E-state index < -0.39 is 0 Å². The van der Waals surface area contributed by atoms with Gasteiger partial charge in [-0.25, -0.2) is 0 Å². The third-order valence-electron chi connectivity index (χ3n) is 1.25. The van der Waals surface area contributed by atoms with Gasteiger partial charge in [0.1, 0.15) is 0 Å². The molecule has 0 unspecified atom stereocenters. The molecule has 0 aliphatic rings. The van der Waals surface area contributed by atoms with Crippen molar-refractivity contribution in [2.45, 2.75) is 0 Å². The van der Waals surface area contributed by atoms with Crippen LogP contribution in [-0.2, 0) is 0 Å². The zero-order chi connectivity index (χ0) is 7.82. The van der Waals surface area contributed by atoms with Crippen LogP contribution in [0.2, 0.25) is 0 Å². The molecule has 0 saturated carbocycles. The minimum atomic E-state index is 0. The van der Waals surface area contributed by atoms with Gasteiger partial charge in [-0.2, -0.15) is 0 Å². The van der Waals surface area contributed by atoms with Crippen molar-refractivity contribution in [3.05, 3.63) is 0 Å². The maximum Gasteiger partial charge on any atom is 0.0558 e. The Kier molecular flexibility index (Phi) is 12.6. The summed E-state index contributed by atoms with van der Waals surface area (Å²) in [5.41, 5.74) is 0. The average Bonchev–Trinajstić information content (AvgIpc) is 1.90. The molecule has 3 N–H and O–H groups in total. The maximum atomic E-state index is 8.48. The van der Waals surface area contributed by atoms with Crippen molar-refractivity contribution in [2.75, 3.05) is 39.5 Å². The molecule has 11 heavy (non-hydrogen) atoms. The number of rotatable bonds is 6. The van der Waals surface area contributed by atoms with E-state index in [0.717, 1.165) is 0 Å². The van der Waals surface area contributed by atoms with Crippen molar-refractivity contribution < 1.29 is 27.7 Å². The molecule has 70 valence electrons. The Morgan fingerprint density at radius 2 is 1.00 bits per heavy atom. The van der Waals surface area contributed by atoms with Crippen LogP contribution in [0.4, 0.5) is 0 Å². The summed E-state index contributed by atoms with van der Waals surface area (Å²) >= 11 is 0. The van der Waals surface area contributed by atoms with Crippen LogP contribution in [0.3, 0.4) is 0 Å². The molecule has 0 atom stereocenters. The fraction of sp³-hybridized carbons (Fsp3) is 1.00. The van der Waals surface area contributed by atoms with Crippen LogP contribution >= 0.6 is 0 Å². The third kappa shape index (κ3) is 8.03. The Morgan fingerprint density at radius 1 is 0.727 bits per heavy atom. The first kappa shape index (κ1) is 13.7. The Hall–Kier alpha value is 0.130. The summed E-state index contributed by atoms with van der Waals surface area (Å²) in [6, 6.07) is 0. The summed E-state index contributed by atoms with van der Waals surface area (Å²) in [6.07, 6.45) is 0. The van der Waals surface area contributed by atoms with Gasteiger partial charge in [-0.1, -0.05) is 0 Å². The van der Waals surface area contributed by atoms with Crippen molar-refractivity contribution in [3.63, 3.8) is 0 Å². The summed E-state index contributed by atoms with van der Waals surface area (Å²) in [6.45, 7) is 1.75. The van der Waals surface area contributed by atoms with Gasteiger partial charge in [0.2, 0.25) is 0 Å². The van der Waals surface area contributed by atoms with Gasteiger partial charge in [0.05, 0.1) is 19.8 Å². The number of hydrogen-bond acceptors (Lipinski definition) is 4. The molecule has 0 radical (unpaired) electrons. The maximum absolute atomic E-state index is 8.48. The second kappa shape index (κ2) is 10.1. The molecular formula is C6H15ClNO3-. The largest absolute Gasteiger partial charge is 1.00 e. The van der Waals surface area contributed by atoms with E-state index in [-0.39, 0.29) is 32.2 Å². The molecule has 5 heteroatoms. The molecule has 0 aromatic heterocycles. The lowest BCUT2D eigenvalue weighted by Crippen LogP contribution is -3.00. The third-order valence-corrected chi connectivity index (χ3v) is 1.25. The average molecular weight is 185 g/mol. The Labute approximate surface area is 72.9 Å². The van der Waals surface area contributed by atoms with Crippen LogP contribution in [0, 0.1) is 0 Å². The second-order valence-corrected chi connectivity index (χ2v) is 2.01. The fourth-order valence-corrected chi connectivity index (χ4v) is 0.760. The number of nitrogens with zero attached hydrogens (tertiary/aromatic N) is 1. The smallest absolute Gasteiger partial charge is 0.0558 e. The highest BCUT2D eigenvalue weighted by atomic mass is 35.5. The molecule has 0 heterocycles. The van der Waals surface area contributed by atoms with E-state index in [4.69, 9.17) is 15.3 Å². The molecule has 0 saturated heterocycles. The normalized spacial score (nSPS) is 9.82. The van der Waals surface area contributed by atoms with E-state index in [2.05, 4.69) is 0 Å². The molecule has 4 nitrogen and oxygen atoms in total. The standard InChI is InChI=1S/C6H15NO3.ClH/c8-4-1-7(2-5-9)3-6-10;/h8-10H,1-6H2;1H/p-1. The van der Waals surface area contributed by atoms with E-state index >= 15 is 0 Å². The molecular weight excluding hydrogens is 170 g/mol. The van der Waals surface area contributed by atoms with Gasteiger partial charge >= 0.3 is 0 Å². The van der Waals surface area contributed by atoms with Gasteiger partial charge in [0.25, 0.3) is 0 Å². The first-order valence-electron chi connectivity index (χ1n) is 3.40. The first-order chi connectivity index (χ1) is 4.85. The molecule has 0 amide bonds. The molecule has 0 aromatic rings. The van der Waals surface area contributed by atoms with Crippen LogP contribution in [0.1, 0.15) is 0 Å². The highest BCUT2D eigenvalue weighted by Gasteiger charge is 2.00. The highest BCUT2D eigenvalue weighted by molar-refractivity contribution is 4.54. The summed E-state index contributed by atoms with van der Waals surface area (Å²) in [5, 5.41) is 25.5. The van der Waals surface area contributed by atoms with Crippen LogP contribution < -0.4 is 12.4 Å². The minimum absolute atomic E-state index is 0. The predicted octanol–water partition coefficient (Wildman–Crippen LogP) is -4.73. The SMILES string of the molecule is OCCN(CCO)CCO.[Cl-]. The first-order valence-corrected chi connectivity index (χ1v) is 3.40. The molecule has 0 aliphatic carbocycles. The molecule has 0 aromatic carbocycles. The molecule has 0 spiro atoms. The van der Waals surface area contributed by atoms with E-state index in [1.54, 1.807) is 4.90 Å². The number of halogens is 1. The predicted molar refractivity (Wildman–Crippen MR) is 37.7 cm³/mol. The van der Waals surface area contributed by atoms with Gasteiger partial charge in [0, 0.05) is 19.6 Å². The monoisotopic (exact) mass is 184 g/mol. The van der Waals surface area contributed by atoms with E-state index in [9.17, 15) is 0 Å². The van der Waals surface area contributed by atoms with E-state index in [1.165, 1.54) is 0 Å². The lowest BCUT2D eigenvalue weighted by Gasteiger charge is -2.17. The zero-order valence-electron chi connectivity index (χ0n) is 6.41. The minimum Gasteiger partial charge on any atom is -1.00 e. The van der Waals surface area contributed by atoms with Gasteiger partial charge in [0.15, 0.2) is 0 Å². The number of hydrogen-bond donors (Lipinski definition) is 3. The molecule has 0 bridgehead atoms. The van der Waals surface area contributed by atoms with E-state index in [0.29, 0.717) is 19.6 Å². The summed E-state index contributed by atoms with van der Waals surface area (Å²) in [5.74, 6) is 0. The Balaban J connectivity index is 0. The molecule has 0 rings (SSSR count). The lowest BCUT2D eigenvalue weighted by molar-refractivity contribution is -0.00000648. The second-order valence-electron chi connectivity index (χ2n) is 2.01. The molecule has 0 fully saturated rings.